The third-order valence-electron chi connectivity index (χ3n) is 1.74. The molecule has 0 amide bonds. The van der Waals surface area contributed by atoms with E-state index in [0.717, 1.165) is 6.54 Å². The van der Waals surface area contributed by atoms with Gasteiger partial charge >= 0.3 is 12.2 Å². The predicted molar refractivity (Wildman–Crippen MR) is 55.4 cm³/mol. The van der Waals surface area contributed by atoms with E-state index in [1.165, 1.54) is 0 Å². The van der Waals surface area contributed by atoms with Crippen LogP contribution in [0.15, 0.2) is 4.42 Å². The number of anilines is 1. The van der Waals surface area contributed by atoms with Crippen LogP contribution in [0.2, 0.25) is 0 Å². The highest BCUT2D eigenvalue weighted by atomic mass is 19.4. The average molecular weight is 252 g/mol. The third-order valence-corrected chi connectivity index (χ3v) is 1.74. The average Bonchev–Trinajstić information content (AvgIpc) is 2.61. The van der Waals surface area contributed by atoms with Gasteiger partial charge in [0.05, 0.1) is 6.54 Å². The van der Waals surface area contributed by atoms with Gasteiger partial charge in [-0.2, -0.15) is 13.2 Å². The fourth-order valence-electron chi connectivity index (χ4n) is 1.04. The van der Waals surface area contributed by atoms with Crippen LogP contribution in [-0.4, -0.2) is 29.5 Å². The van der Waals surface area contributed by atoms with Crippen molar-refractivity contribution in [1.82, 2.24) is 15.5 Å². The molecule has 0 radical (unpaired) electrons. The summed E-state index contributed by atoms with van der Waals surface area (Å²) in [6.45, 7) is 4.01. The molecule has 0 bridgehead atoms. The maximum atomic E-state index is 11.9. The molecule has 0 aromatic carbocycles. The third kappa shape index (κ3) is 6.10. The molecule has 0 fully saturated rings. The van der Waals surface area contributed by atoms with E-state index < -0.39 is 12.7 Å². The van der Waals surface area contributed by atoms with Crippen molar-refractivity contribution >= 4 is 6.01 Å². The zero-order valence-corrected chi connectivity index (χ0v) is 9.64. The molecule has 0 spiro atoms. The Balaban J connectivity index is 2.32. The number of aromatic nitrogens is 2. The molecule has 1 aromatic rings. The Hall–Kier alpha value is -1.31. The number of nitrogens with one attached hydrogen (secondary N) is 2. The molecule has 2 N–H and O–H groups in total. The normalized spacial score (nSPS) is 12.1. The van der Waals surface area contributed by atoms with Crippen molar-refractivity contribution in [2.24, 2.45) is 5.92 Å². The number of hydrogen-bond donors (Lipinski definition) is 2. The van der Waals surface area contributed by atoms with Crippen LogP contribution >= 0.6 is 0 Å². The standard InChI is InChI=1S/C9H15F3N4O/c1-6(2)3-13-4-7-15-16-8(17-7)14-5-9(10,11)12/h6,13H,3-5H2,1-2H3,(H,14,16). The SMILES string of the molecule is CC(C)CNCc1nnc(NCC(F)(F)F)o1. The topological polar surface area (TPSA) is 63.0 Å². The zero-order chi connectivity index (χ0) is 12.9. The molecular weight excluding hydrogens is 237 g/mol. The van der Waals surface area contributed by atoms with Gasteiger partial charge in [0.1, 0.15) is 6.54 Å². The summed E-state index contributed by atoms with van der Waals surface area (Å²) in [6.07, 6.45) is -4.30. The van der Waals surface area contributed by atoms with Crippen molar-refractivity contribution in [2.75, 3.05) is 18.4 Å². The zero-order valence-electron chi connectivity index (χ0n) is 9.64. The van der Waals surface area contributed by atoms with Gasteiger partial charge in [-0.1, -0.05) is 18.9 Å². The molecule has 0 saturated heterocycles. The van der Waals surface area contributed by atoms with Crippen molar-refractivity contribution in [3.05, 3.63) is 5.89 Å². The summed E-state index contributed by atoms with van der Waals surface area (Å²) >= 11 is 0. The Bertz CT molecular complexity index is 337. The van der Waals surface area contributed by atoms with Crippen molar-refractivity contribution in [1.29, 1.82) is 0 Å². The van der Waals surface area contributed by atoms with Gasteiger partial charge < -0.3 is 15.1 Å². The predicted octanol–water partition coefficient (Wildman–Crippen LogP) is 1.79. The van der Waals surface area contributed by atoms with E-state index in [1.807, 2.05) is 19.2 Å². The number of nitrogens with zero attached hydrogens (tertiary/aromatic N) is 2. The summed E-state index contributed by atoms with van der Waals surface area (Å²) in [5.74, 6) is 0.732. The van der Waals surface area contributed by atoms with Crippen LogP contribution in [0.3, 0.4) is 0 Å². The molecule has 98 valence electrons. The van der Waals surface area contributed by atoms with Crippen molar-refractivity contribution in [3.63, 3.8) is 0 Å². The minimum atomic E-state index is -4.30. The van der Waals surface area contributed by atoms with Gasteiger partial charge in [0.25, 0.3) is 0 Å². The molecule has 17 heavy (non-hydrogen) atoms. The molecule has 0 unspecified atom stereocenters. The molecule has 1 rings (SSSR count). The highest BCUT2D eigenvalue weighted by molar-refractivity contribution is 5.17. The summed E-state index contributed by atoms with van der Waals surface area (Å²) in [5.41, 5.74) is 0. The highest BCUT2D eigenvalue weighted by Crippen LogP contribution is 2.15. The summed E-state index contributed by atoms with van der Waals surface area (Å²) in [5, 5.41) is 12.1. The van der Waals surface area contributed by atoms with Crippen LogP contribution < -0.4 is 10.6 Å². The first-order chi connectivity index (χ1) is 7.87. The first kappa shape index (κ1) is 13.8. The number of halogens is 3. The maximum Gasteiger partial charge on any atom is 0.405 e. The molecule has 0 aliphatic carbocycles. The largest absolute Gasteiger partial charge is 0.407 e. The Kier molecular flexibility index (Phi) is 4.73. The van der Waals surface area contributed by atoms with Crippen LogP contribution in [0.5, 0.6) is 0 Å². The lowest BCUT2D eigenvalue weighted by atomic mass is 10.2. The molecule has 0 saturated carbocycles. The Morgan fingerprint density at radius 1 is 1.29 bits per heavy atom. The quantitative estimate of drug-likeness (QED) is 0.808. The second-order valence-electron chi connectivity index (χ2n) is 3.99. The summed E-state index contributed by atoms with van der Waals surface area (Å²) < 4.78 is 40.6. The van der Waals surface area contributed by atoms with E-state index in [4.69, 9.17) is 4.42 Å². The molecular formula is C9H15F3N4O. The lowest BCUT2D eigenvalue weighted by Gasteiger charge is -2.05. The van der Waals surface area contributed by atoms with Crippen LogP contribution in [0, 0.1) is 5.92 Å². The van der Waals surface area contributed by atoms with E-state index in [1.54, 1.807) is 0 Å². The maximum absolute atomic E-state index is 11.9. The van der Waals surface area contributed by atoms with E-state index in [2.05, 4.69) is 15.5 Å². The van der Waals surface area contributed by atoms with Crippen molar-refractivity contribution in [3.8, 4) is 0 Å². The summed E-state index contributed by atoms with van der Waals surface area (Å²) in [6, 6.07) is -0.219. The number of alkyl halides is 3. The van der Waals surface area contributed by atoms with Gasteiger partial charge in [-0.3, -0.25) is 0 Å². The van der Waals surface area contributed by atoms with Crippen LogP contribution in [0.25, 0.3) is 0 Å². The van der Waals surface area contributed by atoms with E-state index in [9.17, 15) is 13.2 Å². The van der Waals surface area contributed by atoms with Gasteiger partial charge in [0.2, 0.25) is 5.89 Å². The van der Waals surface area contributed by atoms with Crippen LogP contribution in [0.1, 0.15) is 19.7 Å². The van der Waals surface area contributed by atoms with Crippen molar-refractivity contribution < 1.29 is 17.6 Å². The fourth-order valence-corrected chi connectivity index (χ4v) is 1.04. The van der Waals surface area contributed by atoms with E-state index in [-0.39, 0.29) is 11.9 Å². The smallest absolute Gasteiger partial charge is 0.405 e. The second-order valence-corrected chi connectivity index (χ2v) is 3.99. The van der Waals surface area contributed by atoms with E-state index >= 15 is 0 Å². The van der Waals surface area contributed by atoms with Gasteiger partial charge in [0, 0.05) is 0 Å². The second kappa shape index (κ2) is 5.85. The van der Waals surface area contributed by atoms with E-state index in [0.29, 0.717) is 12.5 Å². The molecule has 8 heteroatoms. The van der Waals surface area contributed by atoms with Gasteiger partial charge in [-0.15, -0.1) is 5.10 Å². The summed E-state index contributed by atoms with van der Waals surface area (Å²) in [4.78, 5) is 0. The summed E-state index contributed by atoms with van der Waals surface area (Å²) in [7, 11) is 0. The number of hydrogen-bond acceptors (Lipinski definition) is 5. The molecule has 0 aliphatic heterocycles. The van der Waals surface area contributed by atoms with Crippen LogP contribution in [0.4, 0.5) is 19.2 Å². The number of rotatable bonds is 6. The Morgan fingerprint density at radius 2 is 2.00 bits per heavy atom. The lowest BCUT2D eigenvalue weighted by Crippen LogP contribution is -2.21. The monoisotopic (exact) mass is 252 g/mol. The molecule has 0 aliphatic rings. The van der Waals surface area contributed by atoms with Gasteiger partial charge in [0.15, 0.2) is 0 Å². The molecule has 0 atom stereocenters. The minimum absolute atomic E-state index is 0.219. The molecule has 5 nitrogen and oxygen atoms in total. The van der Waals surface area contributed by atoms with Gasteiger partial charge in [-0.25, -0.2) is 0 Å². The Labute approximate surface area is 96.8 Å². The van der Waals surface area contributed by atoms with Crippen molar-refractivity contribution in [2.45, 2.75) is 26.6 Å². The minimum Gasteiger partial charge on any atom is -0.407 e. The molecule has 1 aromatic heterocycles. The van der Waals surface area contributed by atoms with Crippen LogP contribution in [-0.2, 0) is 6.54 Å². The Morgan fingerprint density at radius 3 is 2.59 bits per heavy atom. The first-order valence-corrected chi connectivity index (χ1v) is 5.20. The highest BCUT2D eigenvalue weighted by Gasteiger charge is 2.27. The first-order valence-electron chi connectivity index (χ1n) is 5.20. The van der Waals surface area contributed by atoms with Gasteiger partial charge in [-0.05, 0) is 12.5 Å². The fraction of sp³-hybridized carbons (Fsp3) is 0.778. The lowest BCUT2D eigenvalue weighted by molar-refractivity contribution is -0.115. The molecule has 1 heterocycles.